The number of piperazine rings is 1. The van der Waals surface area contributed by atoms with Crippen molar-refractivity contribution >= 4 is 32.5 Å². The Balaban J connectivity index is 1.53. The summed E-state index contributed by atoms with van der Waals surface area (Å²) in [5.41, 5.74) is 0.852. The molecule has 1 fully saturated rings. The molecule has 0 saturated carbocycles. The van der Waals surface area contributed by atoms with Crippen molar-refractivity contribution in [2.24, 2.45) is 0 Å². The van der Waals surface area contributed by atoms with Crippen LogP contribution < -0.4 is 10.5 Å². The second-order valence-electron chi connectivity index (χ2n) is 8.06. The number of anilines is 1. The van der Waals surface area contributed by atoms with Crippen molar-refractivity contribution < 1.29 is 8.78 Å². The molecule has 31 heavy (non-hydrogen) atoms. The highest BCUT2D eigenvalue weighted by Crippen LogP contribution is 2.26. The molecule has 11 heteroatoms. The van der Waals surface area contributed by atoms with Gasteiger partial charge in [0.05, 0.1) is 22.2 Å². The van der Waals surface area contributed by atoms with E-state index in [1.54, 1.807) is 18.5 Å². The van der Waals surface area contributed by atoms with E-state index >= 15 is 0 Å². The number of fused-ring (bicyclic) bond motifs is 1. The molecule has 7 nitrogen and oxygen atoms in total. The van der Waals surface area contributed by atoms with E-state index in [4.69, 9.17) is 5.26 Å². The summed E-state index contributed by atoms with van der Waals surface area (Å²) in [4.78, 5) is 27.7. The van der Waals surface area contributed by atoms with Gasteiger partial charge in [-0.05, 0) is 35.2 Å². The monoisotopic (exact) mass is 420 g/mol. The Kier molecular flexibility index (Phi) is 5.50. The molecular weight excluding hydrogens is 400 g/mol. The fourth-order valence-electron chi connectivity index (χ4n) is 3.91. The van der Waals surface area contributed by atoms with Gasteiger partial charge in [0.2, 0.25) is 0 Å². The smallest absolute Gasteiger partial charge is 0.269 e. The van der Waals surface area contributed by atoms with Crippen LogP contribution in [-0.4, -0.2) is 61.7 Å². The fraction of sp³-hybridized carbons (Fsp3) is 0.300. The second-order valence-corrected chi connectivity index (χ2v) is 8.06. The van der Waals surface area contributed by atoms with Gasteiger partial charge in [-0.15, -0.1) is 0 Å². The Morgan fingerprint density at radius 2 is 1.87 bits per heavy atom. The molecule has 1 aliphatic heterocycles. The third-order valence-corrected chi connectivity index (χ3v) is 5.93. The number of pyridine rings is 3. The number of halogens is 2. The number of alkyl halides is 2. The summed E-state index contributed by atoms with van der Waals surface area (Å²) in [6.07, 6.45) is 0.421. The molecule has 0 bridgehead atoms. The number of nitriles is 1. The summed E-state index contributed by atoms with van der Waals surface area (Å²) in [6.45, 7) is 3.12. The highest BCUT2D eigenvalue weighted by Gasteiger charge is 2.32. The number of nitrogens with one attached hydrogen (secondary N) is 1. The molecule has 0 unspecified atom stereocenters. The largest absolute Gasteiger partial charge is 0.354 e. The Morgan fingerprint density at radius 1 is 1.13 bits per heavy atom. The van der Waals surface area contributed by atoms with Gasteiger partial charge in [0.1, 0.15) is 27.6 Å². The lowest BCUT2D eigenvalue weighted by molar-refractivity contribution is 0.150. The maximum absolute atomic E-state index is 13.0. The van der Waals surface area contributed by atoms with Gasteiger partial charge in [0, 0.05) is 38.6 Å². The van der Waals surface area contributed by atoms with Gasteiger partial charge in [-0.1, -0.05) is 0 Å². The van der Waals surface area contributed by atoms with E-state index in [0.717, 1.165) is 43.6 Å². The van der Waals surface area contributed by atoms with E-state index in [0.29, 0.717) is 16.6 Å². The Morgan fingerprint density at radius 3 is 2.48 bits per heavy atom. The Labute approximate surface area is 179 Å². The topological polar surface area (TPSA) is 88.9 Å². The van der Waals surface area contributed by atoms with E-state index in [-0.39, 0.29) is 5.34 Å². The maximum Gasteiger partial charge on any atom is 0.269 e. The standard InChI is InChI=1S/C20H20B2F2N6O/c21-20(22,13-7-16-15(26-11-13)8-14(18(23)24)19(31)28-16)30-5-3-29(4-6-30)17-2-1-12(9-25)10-27-17/h1-2,7-8,10-11,18H,3-6,21-22H2,(H,28,31). The zero-order chi connectivity index (χ0) is 22.2. The summed E-state index contributed by atoms with van der Waals surface area (Å²) >= 11 is 0. The lowest BCUT2D eigenvalue weighted by atomic mass is 9.57. The Bertz CT molecular complexity index is 1200. The average molecular weight is 420 g/mol. The number of hydrogen-bond donors (Lipinski definition) is 1. The molecule has 1 N–H and O–H groups in total. The summed E-state index contributed by atoms with van der Waals surface area (Å²) in [6, 6.07) is 8.66. The van der Waals surface area contributed by atoms with Crippen LogP contribution in [0.3, 0.4) is 0 Å². The van der Waals surface area contributed by atoms with Crippen molar-refractivity contribution in [2.75, 3.05) is 31.1 Å². The first-order chi connectivity index (χ1) is 14.8. The minimum Gasteiger partial charge on any atom is -0.354 e. The number of H-pyrrole nitrogens is 1. The highest BCUT2D eigenvalue weighted by molar-refractivity contribution is 6.39. The van der Waals surface area contributed by atoms with E-state index in [1.807, 2.05) is 12.1 Å². The van der Waals surface area contributed by atoms with Crippen molar-refractivity contribution in [1.29, 1.82) is 5.26 Å². The summed E-state index contributed by atoms with van der Waals surface area (Å²) in [5.74, 6) is 0.844. The third-order valence-electron chi connectivity index (χ3n) is 5.93. The van der Waals surface area contributed by atoms with E-state index in [2.05, 4.69) is 46.5 Å². The molecule has 4 heterocycles. The van der Waals surface area contributed by atoms with Crippen molar-refractivity contribution in [3.8, 4) is 6.07 Å². The van der Waals surface area contributed by atoms with Crippen LogP contribution in [0.25, 0.3) is 11.0 Å². The van der Waals surface area contributed by atoms with Crippen LogP contribution in [0.4, 0.5) is 14.6 Å². The van der Waals surface area contributed by atoms with Gasteiger partial charge >= 0.3 is 0 Å². The number of aromatic amines is 1. The molecule has 4 rings (SSSR count). The molecule has 1 aliphatic rings. The third kappa shape index (κ3) is 4.03. The van der Waals surface area contributed by atoms with E-state index in [1.165, 1.54) is 0 Å². The lowest BCUT2D eigenvalue weighted by Crippen LogP contribution is -2.56. The van der Waals surface area contributed by atoms with Crippen LogP contribution in [0.2, 0.25) is 0 Å². The van der Waals surface area contributed by atoms with Gasteiger partial charge in [-0.2, -0.15) is 5.26 Å². The van der Waals surface area contributed by atoms with E-state index < -0.39 is 17.5 Å². The number of hydrogen-bond acceptors (Lipinski definition) is 6. The van der Waals surface area contributed by atoms with Crippen molar-refractivity contribution in [3.05, 3.63) is 63.7 Å². The second kappa shape index (κ2) is 8.12. The van der Waals surface area contributed by atoms with Crippen molar-refractivity contribution in [2.45, 2.75) is 11.8 Å². The van der Waals surface area contributed by atoms with Crippen LogP contribution in [-0.2, 0) is 5.34 Å². The molecule has 156 valence electrons. The molecule has 0 aliphatic carbocycles. The van der Waals surface area contributed by atoms with Crippen LogP contribution >= 0.6 is 0 Å². The normalized spacial score (nSPS) is 15.4. The van der Waals surface area contributed by atoms with Crippen LogP contribution in [0.15, 0.2) is 41.5 Å². The van der Waals surface area contributed by atoms with Crippen LogP contribution in [0.5, 0.6) is 0 Å². The predicted molar refractivity (Wildman–Crippen MR) is 119 cm³/mol. The molecule has 0 atom stereocenters. The van der Waals surface area contributed by atoms with Gasteiger partial charge in [-0.3, -0.25) is 9.78 Å². The predicted octanol–water partition coefficient (Wildman–Crippen LogP) is 0.326. The first kappa shape index (κ1) is 21.0. The lowest BCUT2D eigenvalue weighted by Gasteiger charge is -2.45. The van der Waals surface area contributed by atoms with Gasteiger partial charge < -0.3 is 14.8 Å². The number of rotatable bonds is 4. The quantitative estimate of drug-likeness (QED) is 0.613. The molecule has 0 radical (unpaired) electrons. The van der Waals surface area contributed by atoms with E-state index in [9.17, 15) is 13.6 Å². The summed E-state index contributed by atoms with van der Waals surface area (Å²) < 4.78 is 26.0. The molecule has 3 aromatic heterocycles. The maximum atomic E-state index is 13.0. The minimum absolute atomic E-state index is 0.339. The zero-order valence-electron chi connectivity index (χ0n) is 17.3. The number of nitrogens with zero attached hydrogens (tertiary/aromatic N) is 5. The molecule has 0 amide bonds. The van der Waals surface area contributed by atoms with Gasteiger partial charge in [-0.25, -0.2) is 13.8 Å². The summed E-state index contributed by atoms with van der Waals surface area (Å²) in [7, 11) is 4.16. The molecular formula is C20H20B2F2N6O. The molecule has 0 spiro atoms. The zero-order valence-corrected chi connectivity index (χ0v) is 17.3. The first-order valence-electron chi connectivity index (χ1n) is 9.97. The van der Waals surface area contributed by atoms with Gasteiger partial charge in [0.15, 0.2) is 0 Å². The van der Waals surface area contributed by atoms with Gasteiger partial charge in [0.25, 0.3) is 12.0 Å². The molecule has 3 aromatic rings. The number of aromatic nitrogens is 3. The highest BCUT2D eigenvalue weighted by atomic mass is 19.3. The first-order valence-corrected chi connectivity index (χ1v) is 9.97. The van der Waals surface area contributed by atoms with Crippen molar-refractivity contribution in [1.82, 2.24) is 19.9 Å². The minimum atomic E-state index is -2.84. The van der Waals surface area contributed by atoms with Crippen LogP contribution in [0.1, 0.15) is 23.1 Å². The Hall–Kier alpha value is -3.25. The molecule has 1 saturated heterocycles. The molecule has 0 aromatic carbocycles. The fourth-order valence-corrected chi connectivity index (χ4v) is 3.91. The van der Waals surface area contributed by atoms with Crippen molar-refractivity contribution in [3.63, 3.8) is 0 Å². The SMILES string of the molecule is BC(B)(c1cnc2cc(C(F)F)c(=O)[nH]c2c1)N1CCN(c2ccc(C#N)cn2)CC1. The van der Waals surface area contributed by atoms with Crippen LogP contribution in [0, 0.1) is 11.3 Å². The summed E-state index contributed by atoms with van der Waals surface area (Å²) in [5, 5.41) is 8.55. The average Bonchev–Trinajstić information content (AvgIpc) is 2.78.